The zero-order valence-electron chi connectivity index (χ0n) is 13.0. The zero-order chi connectivity index (χ0) is 15.4. The van der Waals surface area contributed by atoms with E-state index in [1.165, 1.54) is 0 Å². The number of hydrogen-bond acceptors (Lipinski definition) is 3. The fraction of sp³-hybridized carbons (Fsp3) is 0.375. The van der Waals surface area contributed by atoms with E-state index in [-0.39, 0.29) is 11.9 Å². The van der Waals surface area contributed by atoms with Crippen LogP contribution < -0.4 is 10.6 Å². The first-order chi connectivity index (χ1) is 10.0. The summed E-state index contributed by atoms with van der Waals surface area (Å²) in [4.78, 5) is 15.8. The van der Waals surface area contributed by atoms with E-state index in [0.717, 1.165) is 22.8 Å². The van der Waals surface area contributed by atoms with Crippen molar-refractivity contribution in [2.75, 3.05) is 10.6 Å². The second-order valence-corrected chi connectivity index (χ2v) is 5.19. The average molecular weight is 286 g/mol. The monoisotopic (exact) mass is 286 g/mol. The summed E-state index contributed by atoms with van der Waals surface area (Å²) in [5.41, 5.74) is 2.94. The number of rotatable bonds is 5. The molecule has 0 saturated heterocycles. The highest BCUT2D eigenvalue weighted by atomic mass is 16.1. The average Bonchev–Trinajstić information content (AvgIpc) is 2.88. The summed E-state index contributed by atoms with van der Waals surface area (Å²) in [5, 5.41) is 6.33. The highest BCUT2D eigenvalue weighted by Crippen LogP contribution is 2.24. The maximum Gasteiger partial charge on any atom is 0.224 e. The number of anilines is 2. The van der Waals surface area contributed by atoms with Crippen molar-refractivity contribution in [1.82, 2.24) is 9.55 Å². The van der Waals surface area contributed by atoms with Crippen molar-refractivity contribution in [3.8, 4) is 0 Å². The third-order valence-corrected chi connectivity index (χ3v) is 3.46. The maximum absolute atomic E-state index is 11.5. The Morgan fingerprint density at radius 3 is 2.81 bits per heavy atom. The van der Waals surface area contributed by atoms with Crippen molar-refractivity contribution in [3.05, 3.63) is 42.0 Å². The van der Waals surface area contributed by atoms with Gasteiger partial charge in [-0.15, -0.1) is 0 Å². The molecule has 2 N–H and O–H groups in total. The van der Waals surface area contributed by atoms with Gasteiger partial charge in [0.05, 0.1) is 6.04 Å². The SMILES string of the molecule is CCC(=O)Nc1ccc(C)c(NC(C)c2nccn2C)c1. The molecule has 5 heteroatoms. The van der Waals surface area contributed by atoms with E-state index in [1.54, 1.807) is 6.20 Å². The molecule has 1 unspecified atom stereocenters. The standard InChI is InChI=1S/C16H22N4O/c1-5-15(21)19-13-7-6-11(2)14(10-13)18-12(3)16-17-8-9-20(16)4/h6-10,12,18H,5H2,1-4H3,(H,19,21). The van der Waals surface area contributed by atoms with E-state index < -0.39 is 0 Å². The van der Waals surface area contributed by atoms with Crippen molar-refractivity contribution < 1.29 is 4.79 Å². The van der Waals surface area contributed by atoms with E-state index in [2.05, 4.69) is 22.5 Å². The van der Waals surface area contributed by atoms with Gasteiger partial charge in [-0.2, -0.15) is 0 Å². The van der Waals surface area contributed by atoms with Crippen LogP contribution >= 0.6 is 0 Å². The van der Waals surface area contributed by atoms with E-state index in [0.29, 0.717) is 6.42 Å². The molecule has 0 radical (unpaired) electrons. The Balaban J connectivity index is 2.17. The largest absolute Gasteiger partial charge is 0.375 e. The van der Waals surface area contributed by atoms with Crippen LogP contribution in [0.15, 0.2) is 30.6 Å². The van der Waals surface area contributed by atoms with Gasteiger partial charge in [-0.1, -0.05) is 13.0 Å². The minimum Gasteiger partial charge on any atom is -0.375 e. The molecule has 0 spiro atoms. The van der Waals surface area contributed by atoms with Gasteiger partial charge in [-0.25, -0.2) is 4.98 Å². The van der Waals surface area contributed by atoms with Crippen LogP contribution in [0.1, 0.15) is 37.7 Å². The minimum absolute atomic E-state index is 0.0157. The quantitative estimate of drug-likeness (QED) is 0.887. The number of imidazole rings is 1. The first-order valence-electron chi connectivity index (χ1n) is 7.15. The van der Waals surface area contributed by atoms with Gasteiger partial charge in [0.15, 0.2) is 0 Å². The van der Waals surface area contributed by atoms with Crippen LogP contribution in [0.4, 0.5) is 11.4 Å². The lowest BCUT2D eigenvalue weighted by Crippen LogP contribution is -2.13. The molecule has 1 heterocycles. The smallest absolute Gasteiger partial charge is 0.224 e. The van der Waals surface area contributed by atoms with Gasteiger partial charge in [0.1, 0.15) is 5.82 Å². The topological polar surface area (TPSA) is 59.0 Å². The number of carbonyl (C=O) groups excluding carboxylic acids is 1. The number of nitrogens with zero attached hydrogens (tertiary/aromatic N) is 2. The maximum atomic E-state index is 11.5. The van der Waals surface area contributed by atoms with Crippen molar-refractivity contribution >= 4 is 17.3 Å². The van der Waals surface area contributed by atoms with Crippen molar-refractivity contribution in [2.24, 2.45) is 7.05 Å². The van der Waals surface area contributed by atoms with Crippen LogP contribution in [-0.4, -0.2) is 15.5 Å². The fourth-order valence-corrected chi connectivity index (χ4v) is 2.20. The molecule has 0 aliphatic rings. The lowest BCUT2D eigenvalue weighted by Gasteiger charge is -2.18. The Kier molecular flexibility index (Phi) is 4.62. The summed E-state index contributed by atoms with van der Waals surface area (Å²) in [7, 11) is 1.98. The predicted octanol–water partition coefficient (Wildman–Crippen LogP) is 3.25. The van der Waals surface area contributed by atoms with Crippen LogP contribution in [0.3, 0.4) is 0 Å². The fourth-order valence-electron chi connectivity index (χ4n) is 2.20. The lowest BCUT2D eigenvalue weighted by atomic mass is 10.1. The van der Waals surface area contributed by atoms with Crippen LogP contribution in [0.5, 0.6) is 0 Å². The molecule has 1 aromatic heterocycles. The van der Waals surface area contributed by atoms with Crippen molar-refractivity contribution in [1.29, 1.82) is 0 Å². The number of benzene rings is 1. The first kappa shape index (κ1) is 15.1. The molecule has 112 valence electrons. The molecule has 0 saturated carbocycles. The Labute approximate surface area is 125 Å². The normalized spacial score (nSPS) is 12.0. The van der Waals surface area contributed by atoms with E-state index in [9.17, 15) is 4.79 Å². The summed E-state index contributed by atoms with van der Waals surface area (Å²) in [6.45, 7) is 5.95. The number of aryl methyl sites for hydroxylation is 2. The molecule has 5 nitrogen and oxygen atoms in total. The molecule has 0 bridgehead atoms. The molecule has 0 aliphatic heterocycles. The van der Waals surface area contributed by atoms with Crippen LogP contribution in [0, 0.1) is 6.92 Å². The second-order valence-electron chi connectivity index (χ2n) is 5.19. The number of carbonyl (C=O) groups is 1. The molecule has 0 aliphatic carbocycles. The third kappa shape index (κ3) is 3.62. The molecule has 1 atom stereocenters. The molecule has 0 fully saturated rings. The van der Waals surface area contributed by atoms with Crippen LogP contribution in [0.2, 0.25) is 0 Å². The van der Waals surface area contributed by atoms with Crippen LogP contribution in [-0.2, 0) is 11.8 Å². The van der Waals surface area contributed by atoms with Gasteiger partial charge < -0.3 is 15.2 Å². The highest BCUT2D eigenvalue weighted by Gasteiger charge is 2.11. The Bertz CT molecular complexity index is 633. The molecular formula is C16H22N4O. The van der Waals surface area contributed by atoms with Gasteiger partial charge in [0.2, 0.25) is 5.91 Å². The molecule has 21 heavy (non-hydrogen) atoms. The van der Waals surface area contributed by atoms with Crippen molar-refractivity contribution in [3.63, 3.8) is 0 Å². The number of amides is 1. The molecular weight excluding hydrogens is 264 g/mol. The summed E-state index contributed by atoms with van der Waals surface area (Å²) >= 11 is 0. The Morgan fingerprint density at radius 1 is 1.43 bits per heavy atom. The summed E-state index contributed by atoms with van der Waals surface area (Å²) in [5.74, 6) is 0.986. The zero-order valence-corrected chi connectivity index (χ0v) is 13.0. The van der Waals surface area contributed by atoms with Gasteiger partial charge in [0, 0.05) is 37.2 Å². The predicted molar refractivity (Wildman–Crippen MR) is 85.3 cm³/mol. The lowest BCUT2D eigenvalue weighted by molar-refractivity contribution is -0.115. The van der Waals surface area contributed by atoms with Crippen molar-refractivity contribution in [2.45, 2.75) is 33.2 Å². The number of hydrogen-bond donors (Lipinski definition) is 2. The van der Waals surface area contributed by atoms with Gasteiger partial charge in [-0.05, 0) is 31.5 Å². The van der Waals surface area contributed by atoms with E-state index >= 15 is 0 Å². The van der Waals surface area contributed by atoms with Gasteiger partial charge in [-0.3, -0.25) is 4.79 Å². The van der Waals surface area contributed by atoms with Gasteiger partial charge in [0.25, 0.3) is 0 Å². The number of nitrogens with one attached hydrogen (secondary N) is 2. The highest BCUT2D eigenvalue weighted by molar-refractivity contribution is 5.91. The third-order valence-electron chi connectivity index (χ3n) is 3.46. The molecule has 2 aromatic rings. The summed E-state index contributed by atoms with van der Waals surface area (Å²) in [6.07, 6.45) is 4.19. The Morgan fingerprint density at radius 2 is 2.19 bits per heavy atom. The van der Waals surface area contributed by atoms with E-state index in [4.69, 9.17) is 0 Å². The number of aromatic nitrogens is 2. The Hall–Kier alpha value is -2.30. The van der Waals surface area contributed by atoms with E-state index in [1.807, 2.05) is 49.9 Å². The minimum atomic E-state index is 0.0157. The second kappa shape index (κ2) is 6.43. The summed E-state index contributed by atoms with van der Waals surface area (Å²) in [6, 6.07) is 5.96. The summed E-state index contributed by atoms with van der Waals surface area (Å²) < 4.78 is 2.00. The molecule has 1 aromatic carbocycles. The van der Waals surface area contributed by atoms with Gasteiger partial charge >= 0.3 is 0 Å². The molecule has 1 amide bonds. The first-order valence-corrected chi connectivity index (χ1v) is 7.15. The molecule has 2 rings (SSSR count). The van der Waals surface area contributed by atoms with Crippen LogP contribution in [0.25, 0.3) is 0 Å².